The van der Waals surface area contributed by atoms with Crippen molar-refractivity contribution in [3.8, 4) is 11.5 Å². The largest absolute Gasteiger partial charge is 0.573 e. The Morgan fingerprint density at radius 3 is 2.52 bits per heavy atom. The van der Waals surface area contributed by atoms with Gasteiger partial charge in [0.25, 0.3) is 0 Å². The van der Waals surface area contributed by atoms with Crippen molar-refractivity contribution in [1.29, 1.82) is 0 Å². The van der Waals surface area contributed by atoms with Crippen LogP contribution in [0.15, 0.2) is 53.0 Å². The molecule has 1 aromatic heterocycles. The van der Waals surface area contributed by atoms with E-state index in [2.05, 4.69) is 4.74 Å². The Morgan fingerprint density at radius 2 is 1.79 bits per heavy atom. The zero-order valence-electron chi connectivity index (χ0n) is 16.2. The first-order chi connectivity index (χ1) is 13.7. The maximum Gasteiger partial charge on any atom is 0.573 e. The van der Waals surface area contributed by atoms with Crippen LogP contribution in [0.3, 0.4) is 0 Å². The quantitative estimate of drug-likeness (QED) is 0.513. The lowest BCUT2D eigenvalue weighted by atomic mass is 10.0. The van der Waals surface area contributed by atoms with Crippen molar-refractivity contribution in [1.82, 2.24) is 0 Å². The fourth-order valence-electron chi connectivity index (χ4n) is 3.46. The van der Waals surface area contributed by atoms with Crippen molar-refractivity contribution in [2.75, 3.05) is 11.4 Å². The predicted molar refractivity (Wildman–Crippen MR) is 105 cm³/mol. The van der Waals surface area contributed by atoms with Crippen molar-refractivity contribution >= 4 is 22.4 Å². The summed E-state index contributed by atoms with van der Waals surface area (Å²) in [4.78, 5) is 1.99. The number of halogens is 3. The second-order valence-electron chi connectivity index (χ2n) is 7.20. The third-order valence-corrected chi connectivity index (χ3v) is 4.72. The zero-order chi connectivity index (χ0) is 20.8. The standard InChI is InChI=1S/C22H20F3NO3/c1-13(2)26-9-8-20(18-7-6-17(11-19(18)26)29-22(23,24)25)28-16-5-4-15-10-14(3)27-21(15)12-16/h4-8,10-13H,9H2,1-3H3. The molecule has 0 aliphatic carbocycles. The number of nitrogens with zero attached hydrogens (tertiary/aromatic N) is 1. The van der Waals surface area contributed by atoms with Gasteiger partial charge >= 0.3 is 6.36 Å². The molecule has 2 aromatic carbocycles. The zero-order valence-corrected chi connectivity index (χ0v) is 16.2. The summed E-state index contributed by atoms with van der Waals surface area (Å²) in [6.07, 6.45) is -2.82. The summed E-state index contributed by atoms with van der Waals surface area (Å²) < 4.78 is 53.8. The van der Waals surface area contributed by atoms with Crippen LogP contribution in [0.4, 0.5) is 18.9 Å². The van der Waals surface area contributed by atoms with Gasteiger partial charge in [0, 0.05) is 35.7 Å². The van der Waals surface area contributed by atoms with Crippen molar-refractivity contribution < 1.29 is 27.1 Å². The van der Waals surface area contributed by atoms with Gasteiger partial charge in [-0.3, -0.25) is 0 Å². The van der Waals surface area contributed by atoms with E-state index >= 15 is 0 Å². The van der Waals surface area contributed by atoms with Crippen LogP contribution in [0.25, 0.3) is 16.7 Å². The van der Waals surface area contributed by atoms with Crippen LogP contribution >= 0.6 is 0 Å². The fraction of sp³-hybridized carbons (Fsp3) is 0.273. The number of alkyl halides is 3. The Hall–Kier alpha value is -3.09. The van der Waals surface area contributed by atoms with E-state index in [1.165, 1.54) is 12.1 Å². The third kappa shape index (κ3) is 4.04. The van der Waals surface area contributed by atoms with Gasteiger partial charge in [-0.05, 0) is 57.2 Å². The van der Waals surface area contributed by atoms with Gasteiger partial charge in [-0.15, -0.1) is 13.2 Å². The minimum absolute atomic E-state index is 0.0927. The van der Waals surface area contributed by atoms with E-state index in [4.69, 9.17) is 9.15 Å². The molecule has 0 bridgehead atoms. The number of benzene rings is 2. The minimum Gasteiger partial charge on any atom is -0.461 e. The molecule has 7 heteroatoms. The highest BCUT2D eigenvalue weighted by molar-refractivity contribution is 5.82. The fourth-order valence-corrected chi connectivity index (χ4v) is 3.46. The van der Waals surface area contributed by atoms with Crippen LogP contribution in [0.5, 0.6) is 11.5 Å². The molecule has 0 fully saturated rings. The van der Waals surface area contributed by atoms with Crippen LogP contribution in [-0.4, -0.2) is 18.9 Å². The van der Waals surface area contributed by atoms with E-state index in [1.54, 1.807) is 12.1 Å². The molecule has 1 aliphatic rings. The first kappa shape index (κ1) is 19.2. The molecule has 4 rings (SSSR count). The van der Waals surface area contributed by atoms with E-state index in [-0.39, 0.29) is 11.8 Å². The van der Waals surface area contributed by atoms with Crippen LogP contribution in [0.2, 0.25) is 0 Å². The first-order valence-corrected chi connectivity index (χ1v) is 9.24. The van der Waals surface area contributed by atoms with E-state index in [9.17, 15) is 13.2 Å². The Bertz CT molecular complexity index is 1080. The second kappa shape index (κ2) is 7.06. The van der Waals surface area contributed by atoms with Gasteiger partial charge in [0.05, 0.1) is 5.69 Å². The molecule has 0 N–H and O–H groups in total. The van der Waals surface area contributed by atoms with E-state index in [0.29, 0.717) is 29.3 Å². The molecule has 0 unspecified atom stereocenters. The highest BCUT2D eigenvalue weighted by Crippen LogP contribution is 2.38. The average molecular weight is 403 g/mol. The molecule has 0 amide bonds. The summed E-state index contributed by atoms with van der Waals surface area (Å²) in [7, 11) is 0. The molecule has 0 spiro atoms. The van der Waals surface area contributed by atoms with Crippen LogP contribution in [0, 0.1) is 6.92 Å². The number of hydrogen-bond acceptors (Lipinski definition) is 4. The second-order valence-corrected chi connectivity index (χ2v) is 7.20. The topological polar surface area (TPSA) is 34.8 Å². The van der Waals surface area contributed by atoms with E-state index in [0.717, 1.165) is 16.7 Å². The maximum atomic E-state index is 12.6. The van der Waals surface area contributed by atoms with Crippen LogP contribution < -0.4 is 14.4 Å². The van der Waals surface area contributed by atoms with Crippen molar-refractivity contribution in [3.05, 3.63) is 59.9 Å². The van der Waals surface area contributed by atoms with Gasteiger partial charge in [-0.25, -0.2) is 0 Å². The number of fused-ring (bicyclic) bond motifs is 2. The molecule has 0 saturated heterocycles. The first-order valence-electron chi connectivity index (χ1n) is 9.24. The molecule has 4 nitrogen and oxygen atoms in total. The van der Waals surface area contributed by atoms with Crippen LogP contribution in [0.1, 0.15) is 25.2 Å². The van der Waals surface area contributed by atoms with Gasteiger partial charge in [-0.1, -0.05) is 0 Å². The number of anilines is 1. The van der Waals surface area contributed by atoms with Crippen molar-refractivity contribution in [3.63, 3.8) is 0 Å². The number of ether oxygens (including phenoxy) is 2. The molecular formula is C22H20F3NO3. The van der Waals surface area contributed by atoms with Gasteiger partial charge in [0.15, 0.2) is 0 Å². The Kier molecular flexibility index (Phi) is 4.68. The Morgan fingerprint density at radius 1 is 1.03 bits per heavy atom. The SMILES string of the molecule is Cc1cc2ccc(OC3=CCN(C(C)C)c4cc(OC(F)(F)F)ccc43)cc2o1. The van der Waals surface area contributed by atoms with Gasteiger partial charge < -0.3 is 18.8 Å². The van der Waals surface area contributed by atoms with E-state index < -0.39 is 6.36 Å². The molecule has 2 heterocycles. The lowest BCUT2D eigenvalue weighted by Crippen LogP contribution is -2.34. The Balaban J connectivity index is 1.68. The third-order valence-electron chi connectivity index (χ3n) is 4.72. The van der Waals surface area contributed by atoms with E-state index in [1.807, 2.05) is 49.9 Å². The number of aryl methyl sites for hydroxylation is 1. The minimum atomic E-state index is -4.74. The van der Waals surface area contributed by atoms with Gasteiger partial charge in [0.1, 0.15) is 28.6 Å². The number of rotatable bonds is 4. The summed E-state index contributed by atoms with van der Waals surface area (Å²) in [5, 5.41) is 0.979. The lowest BCUT2D eigenvalue weighted by molar-refractivity contribution is -0.274. The molecule has 0 atom stereocenters. The summed E-state index contributed by atoms with van der Waals surface area (Å²) in [5.41, 5.74) is 2.05. The summed E-state index contributed by atoms with van der Waals surface area (Å²) in [6, 6.07) is 11.9. The number of furan rings is 1. The summed E-state index contributed by atoms with van der Waals surface area (Å²) in [5.74, 6) is 1.73. The molecule has 0 saturated carbocycles. The molecular weight excluding hydrogens is 383 g/mol. The molecule has 152 valence electrons. The van der Waals surface area contributed by atoms with Crippen LogP contribution in [-0.2, 0) is 0 Å². The van der Waals surface area contributed by atoms with Gasteiger partial charge in [-0.2, -0.15) is 0 Å². The van der Waals surface area contributed by atoms with Crippen molar-refractivity contribution in [2.24, 2.45) is 0 Å². The highest BCUT2D eigenvalue weighted by Gasteiger charge is 2.32. The monoisotopic (exact) mass is 403 g/mol. The molecule has 1 aliphatic heterocycles. The number of hydrogen-bond donors (Lipinski definition) is 0. The maximum absolute atomic E-state index is 12.6. The summed E-state index contributed by atoms with van der Waals surface area (Å²) >= 11 is 0. The Labute approximate surface area is 166 Å². The molecule has 3 aromatic rings. The molecule has 0 radical (unpaired) electrons. The highest BCUT2D eigenvalue weighted by atomic mass is 19.4. The van der Waals surface area contributed by atoms with Gasteiger partial charge in [0.2, 0.25) is 0 Å². The summed E-state index contributed by atoms with van der Waals surface area (Å²) in [6.45, 7) is 6.35. The van der Waals surface area contributed by atoms with Crippen molar-refractivity contribution in [2.45, 2.75) is 33.2 Å². The average Bonchev–Trinajstić information content (AvgIpc) is 2.99. The lowest BCUT2D eigenvalue weighted by Gasteiger charge is -2.34. The molecule has 29 heavy (non-hydrogen) atoms. The predicted octanol–water partition coefficient (Wildman–Crippen LogP) is 6.29. The normalized spacial score (nSPS) is 14.2. The smallest absolute Gasteiger partial charge is 0.461 e.